The summed E-state index contributed by atoms with van der Waals surface area (Å²) in [6.07, 6.45) is 23.5. The maximum Gasteiger partial charge on any atom is 0.311 e. The van der Waals surface area contributed by atoms with Gasteiger partial charge in [-0.1, -0.05) is 110 Å². The molecule has 0 rings (SSSR count). The number of unbranched alkanes of at least 4 members (excludes halogenated alkanes) is 15. The second kappa shape index (κ2) is 24.9. The van der Waals surface area contributed by atoms with Gasteiger partial charge in [-0.05, 0) is 66.6 Å². The number of hydrogen-bond acceptors (Lipinski definition) is 5. The van der Waals surface area contributed by atoms with Crippen LogP contribution in [0.25, 0.3) is 0 Å². The number of carbonyl (C=O) groups excluding carboxylic acids is 2. The molecule has 0 saturated heterocycles. The molecule has 0 fully saturated rings. The quantitative estimate of drug-likeness (QED) is 0.0769. The third kappa shape index (κ3) is 22.8. The van der Waals surface area contributed by atoms with Crippen molar-refractivity contribution in [3.8, 4) is 0 Å². The molecule has 0 aliphatic heterocycles. The van der Waals surface area contributed by atoms with Crippen molar-refractivity contribution >= 4 is 11.9 Å². The van der Waals surface area contributed by atoms with Gasteiger partial charge in [0.05, 0.1) is 5.41 Å². The van der Waals surface area contributed by atoms with Crippen LogP contribution in [0.5, 0.6) is 0 Å². The number of ether oxygens (including phenoxy) is 2. The van der Waals surface area contributed by atoms with Crippen molar-refractivity contribution in [1.29, 1.82) is 0 Å². The fourth-order valence-electron chi connectivity index (χ4n) is 4.79. The van der Waals surface area contributed by atoms with Crippen molar-refractivity contribution in [2.75, 3.05) is 27.2 Å². The molecule has 0 saturated carbocycles. The third-order valence-corrected chi connectivity index (χ3v) is 7.52. The molecular weight excluding hydrogens is 474 g/mol. The molecule has 1 unspecified atom stereocenters. The molecule has 0 bridgehead atoms. The summed E-state index contributed by atoms with van der Waals surface area (Å²) in [5, 5.41) is 0. The molecule has 5 heteroatoms. The van der Waals surface area contributed by atoms with Gasteiger partial charge in [-0.15, -0.1) is 0 Å². The van der Waals surface area contributed by atoms with Crippen molar-refractivity contribution in [2.24, 2.45) is 5.41 Å². The third-order valence-electron chi connectivity index (χ3n) is 7.52. The molecule has 0 aromatic rings. The molecule has 5 nitrogen and oxygen atoms in total. The van der Waals surface area contributed by atoms with E-state index in [2.05, 4.69) is 18.7 Å². The van der Waals surface area contributed by atoms with Gasteiger partial charge in [-0.25, -0.2) is 0 Å². The molecule has 226 valence electrons. The summed E-state index contributed by atoms with van der Waals surface area (Å²) in [4.78, 5) is 27.5. The second-order valence-corrected chi connectivity index (χ2v) is 12.3. The minimum absolute atomic E-state index is 0.164. The molecule has 0 aromatic carbocycles. The Balaban J connectivity index is 4.48. The molecule has 0 heterocycles. The summed E-state index contributed by atoms with van der Waals surface area (Å²) >= 11 is 0. The Morgan fingerprint density at radius 2 is 1.18 bits per heavy atom. The van der Waals surface area contributed by atoms with Crippen molar-refractivity contribution in [1.82, 2.24) is 4.90 Å². The lowest BCUT2D eigenvalue weighted by Gasteiger charge is -2.25. The van der Waals surface area contributed by atoms with Crippen LogP contribution in [0.4, 0.5) is 0 Å². The topological polar surface area (TPSA) is 55.8 Å². The van der Waals surface area contributed by atoms with Crippen LogP contribution >= 0.6 is 0 Å². The van der Waals surface area contributed by atoms with Crippen LogP contribution in [-0.4, -0.2) is 50.2 Å². The highest BCUT2D eigenvalue weighted by Crippen LogP contribution is 2.26. The lowest BCUT2D eigenvalue weighted by Crippen LogP contribution is -2.31. The predicted octanol–water partition coefficient (Wildman–Crippen LogP) is 9.26. The van der Waals surface area contributed by atoms with E-state index in [1.54, 1.807) is 0 Å². The Kier molecular flexibility index (Phi) is 24.2. The van der Waals surface area contributed by atoms with Gasteiger partial charge < -0.3 is 14.4 Å². The Bertz CT molecular complexity index is 561. The van der Waals surface area contributed by atoms with E-state index < -0.39 is 5.41 Å². The fraction of sp³-hybridized carbons (Fsp3) is 0.939. The summed E-state index contributed by atoms with van der Waals surface area (Å²) in [5.41, 5.74) is -0.497. The predicted molar refractivity (Wildman–Crippen MR) is 161 cm³/mol. The molecule has 0 aliphatic rings. The Hall–Kier alpha value is -1.10. The summed E-state index contributed by atoms with van der Waals surface area (Å²) in [6.45, 7) is 9.60. The first-order chi connectivity index (χ1) is 18.2. The SMILES string of the molecule is CCCCCCCCCCCCC(COC(=O)C(C)(C)CCCCCCCC)OC(=O)CCCCN(C)C. The standard InChI is InChI=1S/C33H65NO4/c1-7-9-11-13-15-16-17-18-19-21-25-30(38-31(35)26-22-24-28-34(5)6)29-37-32(36)33(3,4)27-23-20-14-12-10-8-2/h30H,7-29H2,1-6H3. The highest BCUT2D eigenvalue weighted by atomic mass is 16.6. The van der Waals surface area contributed by atoms with Crippen molar-refractivity contribution in [3.05, 3.63) is 0 Å². The molecule has 1 atom stereocenters. The van der Waals surface area contributed by atoms with Crippen LogP contribution in [0, 0.1) is 5.41 Å². The minimum atomic E-state index is -0.497. The zero-order valence-corrected chi connectivity index (χ0v) is 26.4. The molecular formula is C33H65NO4. The maximum absolute atomic E-state index is 12.9. The van der Waals surface area contributed by atoms with Crippen LogP contribution < -0.4 is 0 Å². The van der Waals surface area contributed by atoms with Gasteiger partial charge in [0.25, 0.3) is 0 Å². The van der Waals surface area contributed by atoms with Crippen LogP contribution in [0.3, 0.4) is 0 Å². The number of carbonyl (C=O) groups is 2. The first-order valence-electron chi connectivity index (χ1n) is 16.2. The van der Waals surface area contributed by atoms with Crippen molar-refractivity contribution in [3.63, 3.8) is 0 Å². The van der Waals surface area contributed by atoms with Crippen LogP contribution in [-0.2, 0) is 19.1 Å². The van der Waals surface area contributed by atoms with E-state index in [1.165, 1.54) is 83.5 Å². The van der Waals surface area contributed by atoms with E-state index in [4.69, 9.17) is 9.47 Å². The first kappa shape index (κ1) is 36.9. The molecule has 0 spiro atoms. The van der Waals surface area contributed by atoms with Gasteiger partial charge in [0.1, 0.15) is 12.7 Å². The molecule has 0 aliphatic carbocycles. The van der Waals surface area contributed by atoms with Crippen molar-refractivity contribution in [2.45, 2.75) is 169 Å². The van der Waals surface area contributed by atoms with Gasteiger partial charge in [0.15, 0.2) is 0 Å². The van der Waals surface area contributed by atoms with E-state index in [1.807, 2.05) is 27.9 Å². The number of esters is 2. The minimum Gasteiger partial charge on any atom is -0.461 e. The molecule has 38 heavy (non-hydrogen) atoms. The van der Waals surface area contributed by atoms with E-state index in [0.717, 1.165) is 51.5 Å². The largest absolute Gasteiger partial charge is 0.461 e. The van der Waals surface area contributed by atoms with Gasteiger partial charge in [-0.3, -0.25) is 9.59 Å². The number of nitrogens with zero attached hydrogens (tertiary/aromatic N) is 1. The molecule has 0 N–H and O–H groups in total. The van der Waals surface area contributed by atoms with E-state index in [-0.39, 0.29) is 24.6 Å². The van der Waals surface area contributed by atoms with E-state index >= 15 is 0 Å². The van der Waals surface area contributed by atoms with Crippen LogP contribution in [0.15, 0.2) is 0 Å². The summed E-state index contributed by atoms with van der Waals surface area (Å²) < 4.78 is 11.6. The summed E-state index contributed by atoms with van der Waals surface area (Å²) in [6, 6.07) is 0. The normalized spacial score (nSPS) is 12.6. The molecule has 0 amide bonds. The number of rotatable bonds is 27. The van der Waals surface area contributed by atoms with Crippen LogP contribution in [0.1, 0.15) is 163 Å². The lowest BCUT2D eigenvalue weighted by molar-refractivity contribution is -0.165. The zero-order chi connectivity index (χ0) is 28.5. The average molecular weight is 540 g/mol. The average Bonchev–Trinajstić information content (AvgIpc) is 2.87. The molecule has 0 aromatic heterocycles. The zero-order valence-electron chi connectivity index (χ0n) is 26.4. The second-order valence-electron chi connectivity index (χ2n) is 12.3. The number of hydrogen-bond donors (Lipinski definition) is 0. The monoisotopic (exact) mass is 539 g/mol. The first-order valence-corrected chi connectivity index (χ1v) is 16.2. The van der Waals surface area contributed by atoms with Crippen molar-refractivity contribution < 1.29 is 19.1 Å². The van der Waals surface area contributed by atoms with E-state index in [0.29, 0.717) is 6.42 Å². The Morgan fingerprint density at radius 1 is 0.684 bits per heavy atom. The highest BCUT2D eigenvalue weighted by Gasteiger charge is 2.30. The fourth-order valence-corrected chi connectivity index (χ4v) is 4.79. The maximum atomic E-state index is 12.9. The van der Waals surface area contributed by atoms with E-state index in [9.17, 15) is 9.59 Å². The summed E-state index contributed by atoms with van der Waals surface area (Å²) in [5.74, 6) is -0.329. The lowest BCUT2D eigenvalue weighted by atomic mass is 9.87. The van der Waals surface area contributed by atoms with Gasteiger partial charge in [-0.2, -0.15) is 0 Å². The van der Waals surface area contributed by atoms with Crippen LogP contribution in [0.2, 0.25) is 0 Å². The van der Waals surface area contributed by atoms with Gasteiger partial charge >= 0.3 is 11.9 Å². The van der Waals surface area contributed by atoms with Gasteiger partial charge in [0.2, 0.25) is 0 Å². The van der Waals surface area contributed by atoms with Gasteiger partial charge in [0, 0.05) is 6.42 Å². The highest BCUT2D eigenvalue weighted by molar-refractivity contribution is 5.76. The Labute approximate surface area is 237 Å². The smallest absolute Gasteiger partial charge is 0.311 e. The summed E-state index contributed by atoms with van der Waals surface area (Å²) in [7, 11) is 4.09. The molecule has 0 radical (unpaired) electrons. The Morgan fingerprint density at radius 3 is 1.71 bits per heavy atom.